The molecule has 0 aliphatic carbocycles. The number of carbonyl (C=O) groups is 1. The molecule has 1 aromatic carbocycles. The van der Waals surface area contributed by atoms with Gasteiger partial charge in [-0.1, -0.05) is 18.2 Å². The number of aromatic nitrogens is 5. The average Bonchev–Trinajstić information content (AvgIpc) is 2.93. The van der Waals surface area contributed by atoms with Crippen LogP contribution in [0.5, 0.6) is 0 Å². The molecule has 3 aromatic heterocycles. The first kappa shape index (κ1) is 25.2. The normalized spacial score (nSPS) is 15.7. The molecule has 0 radical (unpaired) electrons. The summed E-state index contributed by atoms with van der Waals surface area (Å²) in [5.74, 6) is 1.99. The molecule has 4 heterocycles. The van der Waals surface area contributed by atoms with Gasteiger partial charge in [-0.2, -0.15) is 4.98 Å². The van der Waals surface area contributed by atoms with E-state index in [1.165, 1.54) is 0 Å². The molecule has 0 unspecified atom stereocenters. The number of nitrogens with one attached hydrogen (secondary N) is 2. The van der Waals surface area contributed by atoms with E-state index >= 15 is 0 Å². The summed E-state index contributed by atoms with van der Waals surface area (Å²) >= 11 is 0. The molecule has 0 spiro atoms. The van der Waals surface area contributed by atoms with Gasteiger partial charge in [-0.3, -0.25) is 9.69 Å². The molecule has 1 aliphatic rings. The molecule has 1 amide bonds. The van der Waals surface area contributed by atoms with Crippen molar-refractivity contribution in [3.8, 4) is 11.5 Å². The molecular weight excluding hydrogens is 480 g/mol. The third kappa shape index (κ3) is 5.90. The third-order valence-electron chi connectivity index (χ3n) is 6.36. The fraction of sp³-hybridized carbons (Fsp3) is 0.259. The van der Waals surface area contributed by atoms with E-state index in [0.717, 1.165) is 30.0 Å². The first-order valence-electron chi connectivity index (χ1n) is 12.4. The summed E-state index contributed by atoms with van der Waals surface area (Å²) in [5, 5.41) is 6.47. The Morgan fingerprint density at radius 1 is 1.05 bits per heavy atom. The first-order valence-corrected chi connectivity index (χ1v) is 12.4. The highest BCUT2D eigenvalue weighted by Gasteiger charge is 2.26. The monoisotopic (exact) mass is 510 g/mol. The lowest BCUT2D eigenvalue weighted by Gasteiger charge is -2.34. The number of aryl methyl sites for hydroxylation is 1. The maximum Gasteiger partial charge on any atom is 0.236 e. The van der Waals surface area contributed by atoms with Crippen LogP contribution in [0.1, 0.15) is 11.3 Å². The smallest absolute Gasteiger partial charge is 0.236 e. The van der Waals surface area contributed by atoms with Crippen molar-refractivity contribution >= 4 is 29.2 Å². The number of carbonyl (C=O) groups excluding carboxylic acids is 1. The van der Waals surface area contributed by atoms with Crippen molar-refractivity contribution in [1.29, 1.82) is 0 Å². The Labute approximate surface area is 221 Å². The topological polar surface area (TPSA) is 138 Å². The quantitative estimate of drug-likeness (QED) is 0.324. The fourth-order valence-electron chi connectivity index (χ4n) is 4.32. The van der Waals surface area contributed by atoms with Gasteiger partial charge in [0.05, 0.1) is 0 Å². The Morgan fingerprint density at radius 3 is 2.58 bits per heavy atom. The number of nitrogens with two attached hydrogens (primary N) is 1. The van der Waals surface area contributed by atoms with Crippen LogP contribution in [0.4, 0.5) is 23.3 Å². The Balaban J connectivity index is 1.27. The van der Waals surface area contributed by atoms with E-state index in [9.17, 15) is 4.79 Å². The number of piperazine rings is 1. The number of anilines is 4. The summed E-state index contributed by atoms with van der Waals surface area (Å²) in [5.41, 5.74) is 9.24. The van der Waals surface area contributed by atoms with Crippen LogP contribution in [0.2, 0.25) is 0 Å². The third-order valence-corrected chi connectivity index (χ3v) is 6.36. The lowest BCUT2D eigenvalue weighted by Crippen LogP contribution is -2.56. The highest BCUT2D eigenvalue weighted by atomic mass is 16.1. The van der Waals surface area contributed by atoms with Gasteiger partial charge in [-0.05, 0) is 48.9 Å². The van der Waals surface area contributed by atoms with E-state index in [-0.39, 0.29) is 11.9 Å². The van der Waals surface area contributed by atoms with Crippen molar-refractivity contribution in [2.24, 2.45) is 5.73 Å². The molecule has 1 atom stereocenters. The van der Waals surface area contributed by atoms with Crippen LogP contribution >= 0.6 is 0 Å². The second-order valence-electron chi connectivity index (χ2n) is 9.11. The largest absolute Gasteiger partial charge is 0.368 e. The molecule has 4 N–H and O–H groups in total. The average molecular weight is 511 g/mol. The van der Waals surface area contributed by atoms with E-state index in [2.05, 4.69) is 52.6 Å². The summed E-state index contributed by atoms with van der Waals surface area (Å²) in [6.45, 7) is 4.79. The van der Waals surface area contributed by atoms with Gasteiger partial charge < -0.3 is 21.3 Å². The van der Waals surface area contributed by atoms with Gasteiger partial charge in [0.2, 0.25) is 11.9 Å². The molecule has 38 heavy (non-hydrogen) atoms. The molecule has 1 fully saturated rings. The highest BCUT2D eigenvalue weighted by molar-refractivity contribution is 5.80. The minimum absolute atomic E-state index is 0.297. The lowest BCUT2D eigenvalue weighted by molar-refractivity contribution is -0.124. The summed E-state index contributed by atoms with van der Waals surface area (Å²) in [6, 6.07) is 17.2. The minimum Gasteiger partial charge on any atom is -0.368 e. The van der Waals surface area contributed by atoms with Gasteiger partial charge in [0, 0.05) is 57.0 Å². The Morgan fingerprint density at radius 2 is 1.82 bits per heavy atom. The molecule has 11 nitrogen and oxygen atoms in total. The molecule has 0 bridgehead atoms. The summed E-state index contributed by atoms with van der Waals surface area (Å²) in [6.07, 6.45) is 3.39. The van der Waals surface area contributed by atoms with Crippen molar-refractivity contribution in [2.75, 3.05) is 36.9 Å². The number of benzene rings is 1. The Bertz CT molecular complexity index is 1410. The summed E-state index contributed by atoms with van der Waals surface area (Å²) in [7, 11) is 1.92. The van der Waals surface area contributed by atoms with Gasteiger partial charge >= 0.3 is 0 Å². The van der Waals surface area contributed by atoms with Crippen molar-refractivity contribution < 1.29 is 4.79 Å². The van der Waals surface area contributed by atoms with E-state index in [4.69, 9.17) is 5.73 Å². The van der Waals surface area contributed by atoms with Crippen LogP contribution in [-0.4, -0.2) is 68.5 Å². The second kappa shape index (κ2) is 11.3. The molecular formula is C27H30N10O. The van der Waals surface area contributed by atoms with Crippen molar-refractivity contribution in [2.45, 2.75) is 19.5 Å². The molecule has 1 aliphatic heterocycles. The molecule has 0 saturated carbocycles. The maximum absolute atomic E-state index is 11.8. The first-order chi connectivity index (χ1) is 18.5. The van der Waals surface area contributed by atoms with Gasteiger partial charge in [-0.15, -0.1) is 0 Å². The van der Waals surface area contributed by atoms with E-state index in [1.807, 2.05) is 49.2 Å². The highest BCUT2D eigenvalue weighted by Crippen LogP contribution is 2.23. The SMILES string of the molecule is Cc1cccc(-c2nccc(Nc3ccnc(N(C)c4ccc(CN5CCNC[C@H]5C(N)=O)cc4)n3)n2)n1. The van der Waals surface area contributed by atoms with E-state index in [0.29, 0.717) is 42.2 Å². The predicted molar refractivity (Wildman–Crippen MR) is 146 cm³/mol. The number of pyridine rings is 1. The van der Waals surface area contributed by atoms with Crippen LogP contribution in [-0.2, 0) is 11.3 Å². The van der Waals surface area contributed by atoms with Crippen molar-refractivity contribution in [3.05, 3.63) is 78.2 Å². The van der Waals surface area contributed by atoms with Gasteiger partial charge in [-0.25, -0.2) is 19.9 Å². The van der Waals surface area contributed by atoms with Gasteiger partial charge in [0.15, 0.2) is 5.82 Å². The molecule has 194 valence electrons. The maximum atomic E-state index is 11.8. The Hall–Kier alpha value is -4.48. The molecule has 1 saturated heterocycles. The number of hydrogen-bond acceptors (Lipinski definition) is 10. The van der Waals surface area contributed by atoms with Crippen LogP contribution < -0.4 is 21.3 Å². The van der Waals surface area contributed by atoms with Crippen LogP contribution in [0.15, 0.2) is 67.0 Å². The van der Waals surface area contributed by atoms with Crippen molar-refractivity contribution in [1.82, 2.24) is 35.1 Å². The van der Waals surface area contributed by atoms with Crippen LogP contribution in [0.25, 0.3) is 11.5 Å². The zero-order valence-electron chi connectivity index (χ0n) is 21.4. The number of nitrogens with zero attached hydrogens (tertiary/aromatic N) is 7. The molecule has 11 heteroatoms. The summed E-state index contributed by atoms with van der Waals surface area (Å²) < 4.78 is 0. The van der Waals surface area contributed by atoms with Crippen LogP contribution in [0.3, 0.4) is 0 Å². The van der Waals surface area contributed by atoms with E-state index < -0.39 is 0 Å². The predicted octanol–water partition coefficient (Wildman–Crippen LogP) is 2.41. The Kier molecular flexibility index (Phi) is 7.47. The molecule has 4 aromatic rings. The molecule has 5 rings (SSSR count). The standard InChI is InChI=1S/C27H30N10O/c1-18-4-3-5-21(32-18)26-30-12-10-23(34-26)33-24-11-13-31-27(35-24)36(2)20-8-6-19(7-9-20)17-37-15-14-29-16-22(37)25(28)38/h3-13,22,29H,14-17H2,1-2H3,(H2,28,38)(H,30,31,33,34,35)/t22-/m0/s1. The fourth-order valence-corrected chi connectivity index (χ4v) is 4.32. The number of amides is 1. The van der Waals surface area contributed by atoms with Crippen molar-refractivity contribution in [3.63, 3.8) is 0 Å². The summed E-state index contributed by atoms with van der Waals surface area (Å²) in [4.78, 5) is 38.4. The minimum atomic E-state index is -0.302. The lowest BCUT2D eigenvalue weighted by atomic mass is 10.1. The van der Waals surface area contributed by atoms with E-state index in [1.54, 1.807) is 24.5 Å². The zero-order chi connectivity index (χ0) is 26.5. The van der Waals surface area contributed by atoms with Crippen LogP contribution in [0, 0.1) is 6.92 Å². The number of hydrogen-bond donors (Lipinski definition) is 3. The van der Waals surface area contributed by atoms with Gasteiger partial charge in [0.1, 0.15) is 23.4 Å². The number of primary amides is 1. The number of rotatable bonds is 8. The van der Waals surface area contributed by atoms with Gasteiger partial charge in [0.25, 0.3) is 0 Å². The zero-order valence-corrected chi connectivity index (χ0v) is 21.4. The second-order valence-corrected chi connectivity index (χ2v) is 9.11.